The average molecular weight is 400 g/mol. The highest BCUT2D eigenvalue weighted by molar-refractivity contribution is 5.90. The second kappa shape index (κ2) is 8.71. The molecule has 0 spiro atoms. The van der Waals surface area contributed by atoms with Crippen molar-refractivity contribution in [2.24, 2.45) is 11.8 Å². The molecule has 0 radical (unpaired) electrons. The molecule has 8 nitrogen and oxygen atoms in total. The van der Waals surface area contributed by atoms with E-state index in [1.807, 2.05) is 13.8 Å². The molecule has 0 aliphatic heterocycles. The van der Waals surface area contributed by atoms with E-state index < -0.39 is 11.4 Å². The number of nitrogens with zero attached hydrogens (tertiary/aromatic N) is 3. The lowest BCUT2D eigenvalue weighted by atomic mass is 9.86. The first-order valence-electron chi connectivity index (χ1n) is 10.2. The van der Waals surface area contributed by atoms with Gasteiger partial charge >= 0.3 is 5.76 Å². The summed E-state index contributed by atoms with van der Waals surface area (Å²) in [5.41, 5.74) is -1.19. The number of nitrogens with one attached hydrogen (secondary N) is 1. The number of carbonyl (C=O) groups is 2. The molecule has 0 aromatic carbocycles. The van der Waals surface area contributed by atoms with E-state index in [0.717, 1.165) is 32.1 Å². The Balaban J connectivity index is 2.11. The van der Waals surface area contributed by atoms with E-state index in [1.165, 1.54) is 11.5 Å². The van der Waals surface area contributed by atoms with Crippen LogP contribution < -0.4 is 11.1 Å². The smallest absolute Gasteiger partial charge is 0.326 e. The maximum Gasteiger partial charge on any atom is 0.444 e. The first-order valence-corrected chi connectivity index (χ1v) is 10.2. The molecule has 0 bridgehead atoms. The molecule has 1 amide bonds. The fraction of sp³-hybridized carbons (Fsp3) is 0.571. The first-order chi connectivity index (χ1) is 13.8. The van der Waals surface area contributed by atoms with Crippen LogP contribution in [-0.4, -0.2) is 26.4 Å². The highest BCUT2D eigenvalue weighted by Gasteiger charge is 2.45. The van der Waals surface area contributed by atoms with Gasteiger partial charge in [-0.3, -0.25) is 19.1 Å². The van der Waals surface area contributed by atoms with Crippen molar-refractivity contribution >= 4 is 11.7 Å². The number of pyridine rings is 1. The zero-order valence-electron chi connectivity index (χ0n) is 17.2. The van der Waals surface area contributed by atoms with Crippen molar-refractivity contribution in [1.82, 2.24) is 20.0 Å². The molecule has 156 valence electrons. The van der Waals surface area contributed by atoms with Gasteiger partial charge in [0.05, 0.1) is 0 Å². The Labute approximate surface area is 169 Å². The molecule has 2 aromatic rings. The topological polar surface area (TPSA) is 107 Å². The molecule has 3 rings (SSSR count). The minimum Gasteiger partial charge on any atom is -0.326 e. The lowest BCUT2D eigenvalue weighted by Gasteiger charge is -2.36. The van der Waals surface area contributed by atoms with E-state index in [0.29, 0.717) is 5.69 Å². The predicted octanol–water partition coefficient (Wildman–Crippen LogP) is 2.88. The summed E-state index contributed by atoms with van der Waals surface area (Å²) in [5, 5.41) is 6.80. The van der Waals surface area contributed by atoms with Crippen LogP contribution in [0.25, 0.3) is 11.5 Å². The quantitative estimate of drug-likeness (QED) is 0.766. The zero-order chi connectivity index (χ0) is 21.0. The van der Waals surface area contributed by atoms with E-state index >= 15 is 0 Å². The number of carbonyl (C=O) groups excluding carboxylic acids is 2. The van der Waals surface area contributed by atoms with Gasteiger partial charge in [-0.1, -0.05) is 44.3 Å². The Morgan fingerprint density at radius 1 is 1.28 bits per heavy atom. The molecule has 1 fully saturated rings. The molecule has 1 aliphatic rings. The van der Waals surface area contributed by atoms with Crippen LogP contribution >= 0.6 is 0 Å². The van der Waals surface area contributed by atoms with Crippen molar-refractivity contribution in [3.8, 4) is 11.5 Å². The summed E-state index contributed by atoms with van der Waals surface area (Å²) in [5.74, 6) is -1.38. The molecule has 2 aromatic heterocycles. The second-order valence-electron chi connectivity index (χ2n) is 8.16. The van der Waals surface area contributed by atoms with Crippen molar-refractivity contribution in [2.45, 2.75) is 65.0 Å². The van der Waals surface area contributed by atoms with Crippen molar-refractivity contribution in [2.75, 3.05) is 0 Å². The van der Waals surface area contributed by atoms with Crippen LogP contribution in [0.1, 0.15) is 59.3 Å². The lowest BCUT2D eigenvalue weighted by Crippen LogP contribution is -2.60. The van der Waals surface area contributed by atoms with Crippen LogP contribution in [0.3, 0.4) is 0 Å². The summed E-state index contributed by atoms with van der Waals surface area (Å²) in [6.45, 7) is 5.25. The van der Waals surface area contributed by atoms with Crippen molar-refractivity contribution < 1.29 is 14.1 Å². The minimum atomic E-state index is -1.58. The molecule has 0 saturated heterocycles. The molecular formula is C21H28N4O4. The van der Waals surface area contributed by atoms with E-state index in [4.69, 9.17) is 4.52 Å². The van der Waals surface area contributed by atoms with Crippen LogP contribution in [0.2, 0.25) is 0 Å². The van der Waals surface area contributed by atoms with Crippen LogP contribution in [0, 0.1) is 11.8 Å². The first kappa shape index (κ1) is 21.0. The standard InChI is InChI=1S/C21H28N4O4/c1-14(2)13-21(15(3)26,23-19(27)16-9-5-4-6-10-16)25-18(24-29-20(25)28)17-11-7-8-12-22-17/h7-8,11-12,14,16H,4-6,9-10,13H2,1-3H3,(H,23,27). The Bertz CT molecular complexity index is 912. The normalized spacial score (nSPS) is 17.1. The Morgan fingerprint density at radius 2 is 2.00 bits per heavy atom. The monoisotopic (exact) mass is 400 g/mol. The summed E-state index contributed by atoms with van der Waals surface area (Å²) in [6, 6.07) is 5.17. The van der Waals surface area contributed by atoms with Gasteiger partial charge in [0.1, 0.15) is 5.69 Å². The minimum absolute atomic E-state index is 0.0175. The third kappa shape index (κ3) is 4.31. The molecule has 1 unspecified atom stereocenters. The van der Waals surface area contributed by atoms with Crippen LogP contribution in [0.5, 0.6) is 0 Å². The van der Waals surface area contributed by atoms with Gasteiger partial charge in [0, 0.05) is 12.1 Å². The molecular weight excluding hydrogens is 372 g/mol. The average Bonchev–Trinajstić information content (AvgIpc) is 3.10. The fourth-order valence-corrected chi connectivity index (χ4v) is 4.09. The van der Waals surface area contributed by atoms with Gasteiger partial charge in [0.15, 0.2) is 11.4 Å². The number of ketones is 1. The van der Waals surface area contributed by atoms with Gasteiger partial charge in [0.25, 0.3) is 0 Å². The van der Waals surface area contributed by atoms with Crippen molar-refractivity contribution in [3.63, 3.8) is 0 Å². The Morgan fingerprint density at radius 3 is 2.59 bits per heavy atom. The fourth-order valence-electron chi connectivity index (χ4n) is 4.09. The van der Waals surface area contributed by atoms with Gasteiger partial charge in [-0.15, -0.1) is 0 Å². The summed E-state index contributed by atoms with van der Waals surface area (Å²) in [7, 11) is 0. The molecule has 1 N–H and O–H groups in total. The molecule has 1 saturated carbocycles. The van der Waals surface area contributed by atoms with Gasteiger partial charge in [-0.2, -0.15) is 0 Å². The third-order valence-corrected chi connectivity index (χ3v) is 5.47. The van der Waals surface area contributed by atoms with Crippen molar-refractivity contribution in [3.05, 3.63) is 34.9 Å². The Hall–Kier alpha value is -2.77. The van der Waals surface area contributed by atoms with Crippen LogP contribution in [0.15, 0.2) is 33.7 Å². The summed E-state index contributed by atoms with van der Waals surface area (Å²) in [6.07, 6.45) is 6.46. The molecule has 1 aliphatic carbocycles. The third-order valence-electron chi connectivity index (χ3n) is 5.47. The zero-order valence-corrected chi connectivity index (χ0v) is 17.2. The maximum absolute atomic E-state index is 13.1. The van der Waals surface area contributed by atoms with Gasteiger partial charge in [-0.25, -0.2) is 9.36 Å². The summed E-state index contributed by atoms with van der Waals surface area (Å²) >= 11 is 0. The number of hydrogen-bond acceptors (Lipinski definition) is 6. The number of Topliss-reactive ketones (excluding diaryl/α,β-unsaturated/α-hetero) is 1. The van der Waals surface area contributed by atoms with Crippen LogP contribution in [-0.2, 0) is 15.3 Å². The lowest BCUT2D eigenvalue weighted by molar-refractivity contribution is -0.138. The highest BCUT2D eigenvalue weighted by Crippen LogP contribution is 2.30. The molecule has 1 atom stereocenters. The maximum atomic E-state index is 13.1. The van der Waals surface area contributed by atoms with E-state index in [-0.39, 0.29) is 35.8 Å². The van der Waals surface area contributed by atoms with Gasteiger partial charge < -0.3 is 5.32 Å². The van der Waals surface area contributed by atoms with E-state index in [1.54, 1.807) is 24.4 Å². The van der Waals surface area contributed by atoms with Gasteiger partial charge in [0.2, 0.25) is 11.7 Å². The molecule has 8 heteroatoms. The highest BCUT2D eigenvalue weighted by atomic mass is 16.5. The molecule has 2 heterocycles. The SMILES string of the molecule is CC(=O)C(CC(C)C)(NC(=O)C1CCCCC1)n1c(-c2ccccn2)noc1=O. The Kier molecular flexibility index (Phi) is 6.30. The summed E-state index contributed by atoms with van der Waals surface area (Å²) < 4.78 is 6.09. The van der Waals surface area contributed by atoms with E-state index in [2.05, 4.69) is 15.5 Å². The van der Waals surface area contributed by atoms with Crippen LogP contribution in [0.4, 0.5) is 0 Å². The number of hydrogen-bond donors (Lipinski definition) is 1. The van der Waals surface area contributed by atoms with Gasteiger partial charge in [-0.05, 0) is 44.2 Å². The molecule has 29 heavy (non-hydrogen) atoms. The van der Waals surface area contributed by atoms with E-state index in [9.17, 15) is 14.4 Å². The number of amides is 1. The predicted molar refractivity (Wildman–Crippen MR) is 107 cm³/mol. The number of rotatable bonds is 7. The number of aromatic nitrogens is 3. The second-order valence-corrected chi connectivity index (χ2v) is 8.16. The largest absolute Gasteiger partial charge is 0.444 e. The summed E-state index contributed by atoms with van der Waals surface area (Å²) in [4.78, 5) is 43.0. The van der Waals surface area contributed by atoms with Crippen molar-refractivity contribution in [1.29, 1.82) is 0 Å².